The quantitative estimate of drug-likeness (QED) is 0.612. The molecule has 1 unspecified atom stereocenters. The molecule has 2 fully saturated rings. The van der Waals surface area contributed by atoms with Gasteiger partial charge >= 0.3 is 0 Å². The van der Waals surface area contributed by atoms with Crippen molar-refractivity contribution in [3.63, 3.8) is 0 Å². The molecule has 7 nitrogen and oxygen atoms in total. The molecule has 3 aliphatic rings. The number of nitrogens with zero attached hydrogens (tertiary/aromatic N) is 2. The number of carbonyl (C=O) groups excluding carboxylic acids is 2. The molecule has 1 atom stereocenters. The van der Waals surface area contributed by atoms with Crippen LogP contribution in [0.4, 0.5) is 5.69 Å². The van der Waals surface area contributed by atoms with Crippen molar-refractivity contribution in [1.29, 1.82) is 0 Å². The molecule has 2 amide bonds. The Morgan fingerprint density at radius 2 is 1.83 bits per heavy atom. The summed E-state index contributed by atoms with van der Waals surface area (Å²) in [6, 6.07) is 7.30. The van der Waals surface area contributed by atoms with Crippen molar-refractivity contribution in [2.24, 2.45) is 11.8 Å². The van der Waals surface area contributed by atoms with Crippen LogP contribution in [0.5, 0.6) is 0 Å². The zero-order valence-corrected chi connectivity index (χ0v) is 22.0. The molecule has 0 bridgehead atoms. The van der Waals surface area contributed by atoms with Crippen LogP contribution in [0.1, 0.15) is 48.6 Å². The lowest BCUT2D eigenvalue weighted by Crippen LogP contribution is -2.43. The minimum atomic E-state index is -3.64. The van der Waals surface area contributed by atoms with Gasteiger partial charge in [0.2, 0.25) is 21.8 Å². The van der Waals surface area contributed by atoms with E-state index < -0.39 is 10.0 Å². The highest BCUT2D eigenvalue weighted by atomic mass is 32.2. The van der Waals surface area contributed by atoms with Crippen molar-refractivity contribution < 1.29 is 18.0 Å². The molecule has 1 aromatic carbocycles. The zero-order valence-electron chi connectivity index (χ0n) is 20.3. The number of thiophene rings is 1. The molecule has 1 saturated heterocycles. The number of fused-ring (bicyclic) bond motifs is 1. The molecule has 2 aliphatic heterocycles. The van der Waals surface area contributed by atoms with Gasteiger partial charge in [-0.1, -0.05) is 0 Å². The van der Waals surface area contributed by atoms with E-state index in [1.54, 1.807) is 29.5 Å². The Balaban J connectivity index is 1.18. The monoisotopic (exact) mass is 515 g/mol. The molecule has 1 N–H and O–H groups in total. The second-order valence-electron chi connectivity index (χ2n) is 10.1. The summed E-state index contributed by atoms with van der Waals surface area (Å²) in [6.07, 6.45) is 4.44. The molecule has 188 valence electrons. The number of nitrogens with one attached hydrogen (secondary N) is 1. The average molecular weight is 516 g/mol. The van der Waals surface area contributed by atoms with Crippen LogP contribution in [0.2, 0.25) is 0 Å². The fourth-order valence-electron chi connectivity index (χ4n) is 5.24. The maximum atomic E-state index is 13.4. The van der Waals surface area contributed by atoms with Gasteiger partial charge in [-0.3, -0.25) is 9.59 Å². The number of piperidine rings is 1. The van der Waals surface area contributed by atoms with Crippen molar-refractivity contribution in [3.05, 3.63) is 45.6 Å². The first-order valence-corrected chi connectivity index (χ1v) is 14.8. The van der Waals surface area contributed by atoms with Crippen LogP contribution in [0, 0.1) is 18.8 Å². The van der Waals surface area contributed by atoms with Gasteiger partial charge in [-0.25, -0.2) is 8.42 Å². The maximum absolute atomic E-state index is 13.4. The highest BCUT2D eigenvalue weighted by Gasteiger charge is 2.40. The van der Waals surface area contributed by atoms with Gasteiger partial charge in [0.15, 0.2) is 0 Å². The van der Waals surface area contributed by atoms with Crippen LogP contribution in [0.3, 0.4) is 0 Å². The summed E-state index contributed by atoms with van der Waals surface area (Å²) in [5.41, 5.74) is 3.02. The van der Waals surface area contributed by atoms with E-state index in [-0.39, 0.29) is 34.6 Å². The molecule has 0 spiro atoms. The van der Waals surface area contributed by atoms with Crippen LogP contribution in [0.25, 0.3) is 0 Å². The number of anilines is 1. The third-order valence-corrected chi connectivity index (χ3v) is 10.5. The van der Waals surface area contributed by atoms with Gasteiger partial charge in [0.1, 0.15) is 0 Å². The van der Waals surface area contributed by atoms with Gasteiger partial charge in [0, 0.05) is 48.1 Å². The van der Waals surface area contributed by atoms with Gasteiger partial charge in [-0.05, 0) is 93.1 Å². The van der Waals surface area contributed by atoms with Gasteiger partial charge in [-0.2, -0.15) is 4.31 Å². The molecule has 35 heavy (non-hydrogen) atoms. The van der Waals surface area contributed by atoms with Gasteiger partial charge in [0.05, 0.1) is 4.90 Å². The van der Waals surface area contributed by atoms with E-state index in [0.717, 1.165) is 30.5 Å². The average Bonchev–Trinajstić information content (AvgIpc) is 3.54. The molecule has 1 saturated carbocycles. The first kappa shape index (κ1) is 24.5. The summed E-state index contributed by atoms with van der Waals surface area (Å²) in [5, 5.41) is 5.09. The lowest BCUT2D eigenvalue weighted by atomic mass is 9.97. The fourth-order valence-corrected chi connectivity index (χ4v) is 7.67. The highest BCUT2D eigenvalue weighted by molar-refractivity contribution is 7.89. The van der Waals surface area contributed by atoms with Crippen LogP contribution in [0.15, 0.2) is 34.5 Å². The van der Waals surface area contributed by atoms with E-state index in [9.17, 15) is 18.0 Å². The Labute approximate surface area is 211 Å². The van der Waals surface area contributed by atoms with Gasteiger partial charge in [0.25, 0.3) is 0 Å². The third-order valence-electron chi connectivity index (χ3n) is 7.51. The number of rotatable bonds is 7. The topological polar surface area (TPSA) is 86.8 Å². The van der Waals surface area contributed by atoms with Crippen LogP contribution >= 0.6 is 11.3 Å². The number of benzene rings is 1. The van der Waals surface area contributed by atoms with E-state index in [0.29, 0.717) is 38.9 Å². The molecule has 5 rings (SSSR count). The number of carbonyl (C=O) groups is 2. The number of sulfonamides is 1. The van der Waals surface area contributed by atoms with E-state index >= 15 is 0 Å². The first-order chi connectivity index (χ1) is 16.8. The minimum Gasteiger partial charge on any atom is -0.355 e. The van der Waals surface area contributed by atoms with Crippen molar-refractivity contribution in [3.8, 4) is 0 Å². The summed E-state index contributed by atoms with van der Waals surface area (Å²) in [5.74, 6) is 0.153. The lowest BCUT2D eigenvalue weighted by Gasteiger charge is -2.30. The highest BCUT2D eigenvalue weighted by Crippen LogP contribution is 2.40. The van der Waals surface area contributed by atoms with E-state index in [1.807, 2.05) is 11.8 Å². The summed E-state index contributed by atoms with van der Waals surface area (Å²) < 4.78 is 28.2. The zero-order chi connectivity index (χ0) is 24.7. The lowest BCUT2D eigenvalue weighted by molar-refractivity contribution is -0.126. The fraction of sp³-hybridized carbons (Fsp3) is 0.538. The Hall–Kier alpha value is -2.23. The second-order valence-corrected chi connectivity index (χ2v) is 13.0. The minimum absolute atomic E-state index is 0.0168. The van der Waals surface area contributed by atoms with Crippen molar-refractivity contribution >= 4 is 38.9 Å². The maximum Gasteiger partial charge on any atom is 0.243 e. The van der Waals surface area contributed by atoms with Crippen LogP contribution in [-0.4, -0.2) is 50.2 Å². The number of hydrogen-bond donors (Lipinski definition) is 1. The normalized spacial score (nSPS) is 21.2. The predicted octanol–water partition coefficient (Wildman–Crippen LogP) is 3.50. The third kappa shape index (κ3) is 4.90. The Kier molecular flexibility index (Phi) is 6.76. The van der Waals surface area contributed by atoms with Crippen molar-refractivity contribution in [2.45, 2.75) is 63.3 Å². The Morgan fingerprint density at radius 3 is 2.49 bits per heavy atom. The van der Waals surface area contributed by atoms with Crippen molar-refractivity contribution in [2.75, 3.05) is 24.5 Å². The molecule has 1 aliphatic carbocycles. The summed E-state index contributed by atoms with van der Waals surface area (Å²) in [4.78, 5) is 28.7. The Bertz CT molecular complexity index is 1230. The number of aryl methyl sites for hydroxylation is 1. The summed E-state index contributed by atoms with van der Waals surface area (Å²) in [7, 11) is -3.64. The summed E-state index contributed by atoms with van der Waals surface area (Å²) in [6.45, 7) is 5.38. The van der Waals surface area contributed by atoms with E-state index in [4.69, 9.17) is 0 Å². The predicted molar refractivity (Wildman–Crippen MR) is 137 cm³/mol. The van der Waals surface area contributed by atoms with Crippen LogP contribution in [-0.2, 0) is 32.5 Å². The molecule has 1 aromatic heterocycles. The second kappa shape index (κ2) is 9.67. The Morgan fingerprint density at radius 1 is 1.09 bits per heavy atom. The number of amides is 2. The molecule has 3 heterocycles. The van der Waals surface area contributed by atoms with Crippen LogP contribution < -0.4 is 10.2 Å². The van der Waals surface area contributed by atoms with Gasteiger partial charge in [-0.15, -0.1) is 11.3 Å². The standard InChI is InChI=1S/C26H33N3O4S2/c1-17-10-14-34-24(17)7-11-27-25(30)19-8-12-28(13-9-19)35(32,33)22-5-6-23-21(16-22)15-18(2)29(23)26(31)20-3-4-20/h5-6,10,14,16,18-20H,3-4,7-9,11-13,15H2,1-2H3,(H,27,30). The molecule has 9 heteroatoms. The molecular formula is C26H33N3O4S2. The smallest absolute Gasteiger partial charge is 0.243 e. The molecule has 0 radical (unpaired) electrons. The SMILES string of the molecule is Cc1ccsc1CCNC(=O)C1CCN(S(=O)(=O)c2ccc3c(c2)CC(C)N3C(=O)C2CC2)CC1. The van der Waals surface area contributed by atoms with Crippen molar-refractivity contribution in [1.82, 2.24) is 9.62 Å². The largest absolute Gasteiger partial charge is 0.355 e. The summed E-state index contributed by atoms with van der Waals surface area (Å²) >= 11 is 1.71. The van der Waals surface area contributed by atoms with E-state index in [1.165, 1.54) is 14.7 Å². The van der Waals surface area contributed by atoms with E-state index in [2.05, 4.69) is 23.7 Å². The van der Waals surface area contributed by atoms with Gasteiger partial charge < -0.3 is 10.2 Å². The molecule has 2 aromatic rings. The first-order valence-electron chi connectivity index (χ1n) is 12.5. The number of hydrogen-bond acceptors (Lipinski definition) is 5. The molecular weight excluding hydrogens is 482 g/mol.